The Morgan fingerprint density at radius 2 is 2.00 bits per heavy atom. The van der Waals surface area contributed by atoms with Crippen LogP contribution in [0.3, 0.4) is 0 Å². The van der Waals surface area contributed by atoms with Crippen LogP contribution in [0.1, 0.15) is 32.6 Å². The Balaban J connectivity index is 2.28. The van der Waals surface area contributed by atoms with Gasteiger partial charge < -0.3 is 5.11 Å². The quantitative estimate of drug-likeness (QED) is 0.724. The normalized spacial score (nSPS) is 27.4. The first-order chi connectivity index (χ1) is 7.09. The third kappa shape index (κ3) is 4.47. The van der Waals surface area contributed by atoms with Gasteiger partial charge in [0.2, 0.25) is 0 Å². The number of carbonyl (C=O) groups is 1. The monoisotopic (exact) mass is 211 g/mol. The average Bonchev–Trinajstić information content (AvgIpc) is 2.18. The van der Waals surface area contributed by atoms with Crippen molar-refractivity contribution in [1.29, 1.82) is 0 Å². The maximum atomic E-state index is 10.3. The topological polar surface area (TPSA) is 40.5 Å². The van der Waals surface area contributed by atoms with Gasteiger partial charge in [-0.15, -0.1) is 0 Å². The molecule has 0 unspecified atom stereocenters. The van der Waals surface area contributed by atoms with E-state index in [0.717, 1.165) is 12.5 Å². The zero-order valence-electron chi connectivity index (χ0n) is 9.65. The molecular weight excluding hydrogens is 190 g/mol. The fraction of sp³-hybridized carbons (Fsp3) is 0.750. The Morgan fingerprint density at radius 1 is 1.40 bits per heavy atom. The average molecular weight is 211 g/mol. The van der Waals surface area contributed by atoms with Gasteiger partial charge in [0, 0.05) is 18.7 Å². The Morgan fingerprint density at radius 3 is 2.53 bits per heavy atom. The van der Waals surface area contributed by atoms with Crippen molar-refractivity contribution in [3.8, 4) is 0 Å². The molecule has 1 aliphatic carbocycles. The number of rotatable bonds is 4. The van der Waals surface area contributed by atoms with Gasteiger partial charge in [-0.2, -0.15) is 0 Å². The van der Waals surface area contributed by atoms with Gasteiger partial charge in [-0.1, -0.05) is 13.0 Å². The highest BCUT2D eigenvalue weighted by Gasteiger charge is 2.20. The number of likely N-dealkylation sites (N-methyl/N-ethyl adjacent to an activating group) is 1. The van der Waals surface area contributed by atoms with Crippen molar-refractivity contribution in [2.75, 3.05) is 13.6 Å². The molecule has 1 rings (SSSR count). The molecule has 0 aromatic carbocycles. The van der Waals surface area contributed by atoms with E-state index in [-0.39, 0.29) is 0 Å². The highest BCUT2D eigenvalue weighted by atomic mass is 16.4. The third-order valence-electron chi connectivity index (χ3n) is 3.26. The van der Waals surface area contributed by atoms with Gasteiger partial charge >= 0.3 is 5.97 Å². The molecule has 1 aliphatic rings. The Labute approximate surface area is 91.8 Å². The van der Waals surface area contributed by atoms with Crippen LogP contribution in [0.2, 0.25) is 0 Å². The van der Waals surface area contributed by atoms with Gasteiger partial charge in [0.05, 0.1) is 0 Å². The van der Waals surface area contributed by atoms with Crippen molar-refractivity contribution < 1.29 is 9.90 Å². The van der Waals surface area contributed by atoms with E-state index in [1.54, 1.807) is 6.08 Å². The lowest BCUT2D eigenvalue weighted by Crippen LogP contribution is -2.34. The first-order valence-electron chi connectivity index (χ1n) is 5.69. The van der Waals surface area contributed by atoms with E-state index in [1.807, 2.05) is 0 Å². The summed E-state index contributed by atoms with van der Waals surface area (Å²) in [6.07, 6.45) is 8.05. The number of carboxylic acids is 1. The van der Waals surface area contributed by atoms with Crippen LogP contribution < -0.4 is 0 Å². The predicted molar refractivity (Wildman–Crippen MR) is 60.8 cm³/mol. The Hall–Kier alpha value is -0.830. The molecule has 1 fully saturated rings. The van der Waals surface area contributed by atoms with Gasteiger partial charge in [-0.3, -0.25) is 4.90 Å². The maximum Gasteiger partial charge on any atom is 0.328 e. The molecule has 0 aliphatic heterocycles. The van der Waals surface area contributed by atoms with Crippen molar-refractivity contribution >= 4 is 5.97 Å². The molecule has 0 atom stereocenters. The van der Waals surface area contributed by atoms with Gasteiger partial charge in [0.15, 0.2) is 0 Å². The molecule has 0 saturated heterocycles. The van der Waals surface area contributed by atoms with E-state index in [1.165, 1.54) is 31.8 Å². The summed E-state index contributed by atoms with van der Waals surface area (Å²) in [4.78, 5) is 12.6. The molecule has 3 nitrogen and oxygen atoms in total. The number of hydrogen-bond donors (Lipinski definition) is 1. The lowest BCUT2D eigenvalue weighted by atomic mass is 9.87. The summed E-state index contributed by atoms with van der Waals surface area (Å²) in [7, 11) is 2.08. The third-order valence-corrected chi connectivity index (χ3v) is 3.26. The van der Waals surface area contributed by atoms with Crippen LogP contribution in [-0.4, -0.2) is 35.6 Å². The van der Waals surface area contributed by atoms with Crippen LogP contribution in [0.25, 0.3) is 0 Å². The maximum absolute atomic E-state index is 10.3. The van der Waals surface area contributed by atoms with Crippen LogP contribution in [-0.2, 0) is 4.79 Å². The highest BCUT2D eigenvalue weighted by molar-refractivity contribution is 5.79. The van der Waals surface area contributed by atoms with Gasteiger partial charge in [-0.25, -0.2) is 4.79 Å². The first-order valence-corrected chi connectivity index (χ1v) is 5.69. The van der Waals surface area contributed by atoms with Crippen molar-refractivity contribution in [2.24, 2.45) is 5.92 Å². The van der Waals surface area contributed by atoms with Gasteiger partial charge in [0.25, 0.3) is 0 Å². The second-order valence-corrected chi connectivity index (χ2v) is 4.59. The van der Waals surface area contributed by atoms with E-state index in [2.05, 4.69) is 18.9 Å². The molecule has 0 aromatic heterocycles. The van der Waals surface area contributed by atoms with E-state index in [4.69, 9.17) is 5.11 Å². The molecule has 0 aromatic rings. The van der Waals surface area contributed by atoms with E-state index in [9.17, 15) is 4.79 Å². The van der Waals surface area contributed by atoms with Crippen LogP contribution in [0.5, 0.6) is 0 Å². The minimum atomic E-state index is -0.860. The summed E-state index contributed by atoms with van der Waals surface area (Å²) in [5.41, 5.74) is 0. The highest BCUT2D eigenvalue weighted by Crippen LogP contribution is 2.26. The summed E-state index contributed by atoms with van der Waals surface area (Å²) in [5, 5.41) is 8.47. The number of carboxylic acid groups (broad SMARTS) is 1. The summed E-state index contributed by atoms with van der Waals surface area (Å²) < 4.78 is 0. The predicted octanol–water partition coefficient (Wildman–Crippen LogP) is 2.14. The molecule has 0 bridgehead atoms. The van der Waals surface area contributed by atoms with Crippen molar-refractivity contribution in [3.63, 3.8) is 0 Å². The second-order valence-electron chi connectivity index (χ2n) is 4.59. The van der Waals surface area contributed by atoms with Gasteiger partial charge in [-0.05, 0) is 38.6 Å². The summed E-state index contributed by atoms with van der Waals surface area (Å²) >= 11 is 0. The zero-order chi connectivity index (χ0) is 11.3. The minimum absolute atomic E-state index is 0.639. The lowest BCUT2D eigenvalue weighted by molar-refractivity contribution is -0.131. The molecule has 0 amide bonds. The second kappa shape index (κ2) is 5.91. The molecule has 0 heterocycles. The molecule has 1 saturated carbocycles. The molecule has 0 spiro atoms. The van der Waals surface area contributed by atoms with Crippen LogP contribution in [0, 0.1) is 5.92 Å². The fourth-order valence-electron chi connectivity index (χ4n) is 2.15. The Kier molecular flexibility index (Phi) is 4.82. The Bertz CT molecular complexity index is 230. The lowest BCUT2D eigenvalue weighted by Gasteiger charge is -2.32. The van der Waals surface area contributed by atoms with E-state index < -0.39 is 5.97 Å². The molecule has 1 N–H and O–H groups in total. The van der Waals surface area contributed by atoms with Crippen molar-refractivity contribution in [1.82, 2.24) is 4.90 Å². The number of hydrogen-bond acceptors (Lipinski definition) is 2. The van der Waals surface area contributed by atoms with E-state index >= 15 is 0 Å². The van der Waals surface area contributed by atoms with Crippen LogP contribution in [0.4, 0.5) is 0 Å². The van der Waals surface area contributed by atoms with Crippen molar-refractivity contribution in [3.05, 3.63) is 12.2 Å². The summed E-state index contributed by atoms with van der Waals surface area (Å²) in [6.45, 7) is 3.05. The number of nitrogens with zero attached hydrogens (tertiary/aromatic N) is 1. The standard InChI is InChI=1S/C12H21NO2/c1-10-5-7-11(8-6-10)13(2)9-3-4-12(14)15/h3-4,10-11H,5-9H2,1-2H3,(H,14,15). The molecule has 15 heavy (non-hydrogen) atoms. The number of aliphatic carboxylic acids is 1. The van der Waals surface area contributed by atoms with Crippen LogP contribution in [0.15, 0.2) is 12.2 Å². The summed E-state index contributed by atoms with van der Waals surface area (Å²) in [5.74, 6) is 0.00452. The first kappa shape index (κ1) is 12.2. The molecule has 3 heteroatoms. The fourth-order valence-corrected chi connectivity index (χ4v) is 2.15. The largest absolute Gasteiger partial charge is 0.478 e. The van der Waals surface area contributed by atoms with Crippen LogP contribution >= 0.6 is 0 Å². The molecule has 0 radical (unpaired) electrons. The molecule has 86 valence electrons. The van der Waals surface area contributed by atoms with Gasteiger partial charge in [0.1, 0.15) is 0 Å². The van der Waals surface area contributed by atoms with Crippen molar-refractivity contribution in [2.45, 2.75) is 38.6 Å². The smallest absolute Gasteiger partial charge is 0.328 e. The zero-order valence-corrected chi connectivity index (χ0v) is 9.65. The SMILES string of the molecule is CC1CCC(N(C)CC=CC(=O)O)CC1. The summed E-state index contributed by atoms with van der Waals surface area (Å²) in [6, 6.07) is 0.639. The minimum Gasteiger partial charge on any atom is -0.478 e. The van der Waals surface area contributed by atoms with E-state index in [0.29, 0.717) is 6.04 Å². The molecular formula is C12H21NO2.